The average molecular weight is 348 g/mol. The number of nitrogens with two attached hydrogens (primary N) is 1. The van der Waals surface area contributed by atoms with Crippen LogP contribution in [0.3, 0.4) is 0 Å². The Morgan fingerprint density at radius 3 is 2.81 bits per heavy atom. The molecule has 0 spiro atoms. The molecular weight excluding hydrogens is 324 g/mol. The molecular formula is C20H24N6. The van der Waals surface area contributed by atoms with Crippen molar-refractivity contribution in [1.29, 1.82) is 0 Å². The molecule has 1 aliphatic rings. The minimum absolute atomic E-state index is 0.343. The van der Waals surface area contributed by atoms with Crippen molar-refractivity contribution in [3.05, 3.63) is 54.4 Å². The van der Waals surface area contributed by atoms with Gasteiger partial charge in [-0.3, -0.25) is 9.88 Å². The van der Waals surface area contributed by atoms with Crippen molar-refractivity contribution in [2.75, 3.05) is 24.1 Å². The SMILES string of the molecule is C[C@H]1CN(Cc2ccccn2)CC[C@H]1Nc1nc(N)c2ccccc2n1. The Balaban J connectivity index is 1.42. The van der Waals surface area contributed by atoms with Crippen molar-refractivity contribution in [2.24, 2.45) is 5.92 Å². The first-order chi connectivity index (χ1) is 12.7. The Labute approximate surface area is 153 Å². The maximum Gasteiger partial charge on any atom is 0.225 e. The van der Waals surface area contributed by atoms with Crippen molar-refractivity contribution in [3.63, 3.8) is 0 Å². The molecule has 0 aliphatic carbocycles. The third-order valence-electron chi connectivity index (χ3n) is 5.05. The molecule has 3 N–H and O–H groups in total. The Kier molecular flexibility index (Phi) is 4.67. The quantitative estimate of drug-likeness (QED) is 0.755. The zero-order valence-electron chi connectivity index (χ0n) is 15.0. The molecule has 1 fully saturated rings. The fourth-order valence-corrected chi connectivity index (χ4v) is 3.64. The number of hydrogen-bond donors (Lipinski definition) is 2. The zero-order valence-corrected chi connectivity index (χ0v) is 15.0. The van der Waals surface area contributed by atoms with Gasteiger partial charge in [-0.2, -0.15) is 4.98 Å². The van der Waals surface area contributed by atoms with Gasteiger partial charge in [0, 0.05) is 37.3 Å². The van der Waals surface area contributed by atoms with Crippen LogP contribution in [0.4, 0.5) is 11.8 Å². The Hall–Kier alpha value is -2.73. The van der Waals surface area contributed by atoms with Crippen molar-refractivity contribution in [3.8, 4) is 0 Å². The lowest BCUT2D eigenvalue weighted by Gasteiger charge is -2.37. The van der Waals surface area contributed by atoms with Gasteiger partial charge in [-0.15, -0.1) is 0 Å². The second kappa shape index (κ2) is 7.25. The number of nitrogens with one attached hydrogen (secondary N) is 1. The number of benzene rings is 1. The van der Waals surface area contributed by atoms with E-state index < -0.39 is 0 Å². The lowest BCUT2D eigenvalue weighted by Crippen LogP contribution is -2.45. The molecule has 4 rings (SSSR count). The normalized spacial score (nSPS) is 21.0. The van der Waals surface area contributed by atoms with Crippen LogP contribution in [0.15, 0.2) is 48.7 Å². The predicted octanol–water partition coefficient (Wildman–Crippen LogP) is 2.93. The van der Waals surface area contributed by atoms with E-state index in [1.165, 1.54) is 0 Å². The maximum atomic E-state index is 6.10. The highest BCUT2D eigenvalue weighted by Gasteiger charge is 2.27. The second-order valence-electron chi connectivity index (χ2n) is 7.02. The van der Waals surface area contributed by atoms with E-state index in [2.05, 4.69) is 38.2 Å². The minimum atomic E-state index is 0.343. The molecule has 0 amide bonds. The highest BCUT2D eigenvalue weighted by atomic mass is 15.2. The van der Waals surface area contributed by atoms with Crippen molar-refractivity contribution in [2.45, 2.75) is 25.9 Å². The Bertz CT molecular complexity index is 882. The van der Waals surface area contributed by atoms with E-state index in [1.54, 1.807) is 0 Å². The van der Waals surface area contributed by atoms with Gasteiger partial charge in [0.2, 0.25) is 5.95 Å². The Morgan fingerprint density at radius 1 is 1.15 bits per heavy atom. The average Bonchev–Trinajstić information content (AvgIpc) is 2.65. The number of rotatable bonds is 4. The van der Waals surface area contributed by atoms with Crippen LogP contribution in [-0.2, 0) is 6.54 Å². The first-order valence-corrected chi connectivity index (χ1v) is 9.10. The van der Waals surface area contributed by atoms with Crippen LogP contribution in [0.2, 0.25) is 0 Å². The molecule has 2 atom stereocenters. The molecule has 26 heavy (non-hydrogen) atoms. The van der Waals surface area contributed by atoms with Gasteiger partial charge < -0.3 is 11.1 Å². The van der Waals surface area contributed by atoms with E-state index in [0.717, 1.165) is 42.7 Å². The first-order valence-electron chi connectivity index (χ1n) is 9.10. The number of para-hydroxylation sites is 1. The second-order valence-corrected chi connectivity index (χ2v) is 7.02. The van der Waals surface area contributed by atoms with E-state index in [-0.39, 0.29) is 0 Å². The van der Waals surface area contributed by atoms with Crippen molar-refractivity contribution < 1.29 is 0 Å². The topological polar surface area (TPSA) is 80.0 Å². The smallest absolute Gasteiger partial charge is 0.225 e. The third kappa shape index (κ3) is 3.60. The van der Waals surface area contributed by atoms with Gasteiger partial charge in [0.1, 0.15) is 5.82 Å². The van der Waals surface area contributed by atoms with E-state index in [9.17, 15) is 0 Å². The zero-order chi connectivity index (χ0) is 17.9. The number of nitrogen functional groups attached to an aromatic ring is 1. The van der Waals surface area contributed by atoms with Gasteiger partial charge >= 0.3 is 0 Å². The maximum absolute atomic E-state index is 6.10. The molecule has 1 aromatic carbocycles. The van der Waals surface area contributed by atoms with Gasteiger partial charge in [0.25, 0.3) is 0 Å². The molecule has 3 heterocycles. The predicted molar refractivity (Wildman–Crippen MR) is 105 cm³/mol. The van der Waals surface area contributed by atoms with Gasteiger partial charge in [0.05, 0.1) is 11.2 Å². The first kappa shape index (κ1) is 16.7. The summed E-state index contributed by atoms with van der Waals surface area (Å²) in [5, 5.41) is 4.40. The van der Waals surface area contributed by atoms with Crippen LogP contribution in [0.1, 0.15) is 19.0 Å². The van der Waals surface area contributed by atoms with Gasteiger partial charge in [-0.05, 0) is 36.6 Å². The summed E-state index contributed by atoms with van der Waals surface area (Å²) in [6.45, 7) is 5.23. The number of fused-ring (bicyclic) bond motifs is 1. The fraction of sp³-hybridized carbons (Fsp3) is 0.350. The Morgan fingerprint density at radius 2 is 2.00 bits per heavy atom. The lowest BCUT2D eigenvalue weighted by molar-refractivity contribution is 0.163. The molecule has 0 bridgehead atoms. The number of piperidine rings is 1. The van der Waals surface area contributed by atoms with Crippen LogP contribution >= 0.6 is 0 Å². The standard InChI is InChI=1S/C20H24N6/c1-14-12-26(13-15-6-4-5-10-22-15)11-9-17(14)23-20-24-18-8-3-2-7-16(18)19(21)25-20/h2-8,10,14,17H,9,11-13H2,1H3,(H3,21,23,24,25)/t14-,17+/m0/s1. The summed E-state index contributed by atoms with van der Waals surface area (Å²) in [6.07, 6.45) is 2.90. The number of pyridine rings is 1. The summed E-state index contributed by atoms with van der Waals surface area (Å²) in [5.74, 6) is 1.64. The molecule has 1 saturated heterocycles. The third-order valence-corrected chi connectivity index (χ3v) is 5.05. The number of hydrogen-bond acceptors (Lipinski definition) is 6. The minimum Gasteiger partial charge on any atom is -0.383 e. The van der Waals surface area contributed by atoms with Crippen LogP contribution in [0.25, 0.3) is 10.9 Å². The molecule has 0 saturated carbocycles. The monoisotopic (exact) mass is 348 g/mol. The number of nitrogens with zero attached hydrogens (tertiary/aromatic N) is 4. The van der Waals surface area contributed by atoms with Crippen molar-refractivity contribution >= 4 is 22.7 Å². The largest absolute Gasteiger partial charge is 0.383 e. The number of aromatic nitrogens is 3. The van der Waals surface area contributed by atoms with Crippen molar-refractivity contribution in [1.82, 2.24) is 19.9 Å². The molecule has 6 heteroatoms. The fourth-order valence-electron chi connectivity index (χ4n) is 3.64. The van der Waals surface area contributed by atoms with E-state index >= 15 is 0 Å². The molecule has 0 unspecified atom stereocenters. The van der Waals surface area contributed by atoms with Crippen LogP contribution in [0, 0.1) is 5.92 Å². The van der Waals surface area contributed by atoms with E-state index in [0.29, 0.717) is 23.7 Å². The van der Waals surface area contributed by atoms with Crippen LogP contribution < -0.4 is 11.1 Å². The lowest BCUT2D eigenvalue weighted by atomic mass is 9.94. The van der Waals surface area contributed by atoms with E-state index in [1.807, 2.05) is 42.6 Å². The molecule has 6 nitrogen and oxygen atoms in total. The van der Waals surface area contributed by atoms with E-state index in [4.69, 9.17) is 5.73 Å². The summed E-state index contributed by atoms with van der Waals surface area (Å²) < 4.78 is 0. The van der Waals surface area contributed by atoms with Gasteiger partial charge in [0.15, 0.2) is 0 Å². The molecule has 3 aromatic rings. The van der Waals surface area contributed by atoms with Gasteiger partial charge in [-0.1, -0.05) is 25.1 Å². The number of likely N-dealkylation sites (tertiary alicyclic amines) is 1. The highest BCUT2D eigenvalue weighted by Crippen LogP contribution is 2.24. The summed E-state index contributed by atoms with van der Waals surface area (Å²) in [4.78, 5) is 16.0. The summed E-state index contributed by atoms with van der Waals surface area (Å²) >= 11 is 0. The summed E-state index contributed by atoms with van der Waals surface area (Å²) in [6, 6.07) is 14.3. The number of anilines is 2. The van der Waals surface area contributed by atoms with Crippen LogP contribution in [-0.4, -0.2) is 39.0 Å². The highest BCUT2D eigenvalue weighted by molar-refractivity contribution is 5.88. The van der Waals surface area contributed by atoms with Crippen LogP contribution in [0.5, 0.6) is 0 Å². The van der Waals surface area contributed by atoms with Gasteiger partial charge in [-0.25, -0.2) is 4.98 Å². The molecule has 1 aliphatic heterocycles. The summed E-state index contributed by atoms with van der Waals surface area (Å²) in [7, 11) is 0. The molecule has 0 radical (unpaired) electrons. The molecule has 2 aromatic heterocycles. The molecule has 134 valence electrons. The summed E-state index contributed by atoms with van der Waals surface area (Å²) in [5.41, 5.74) is 8.10.